The molecule has 3 rings (SSSR count). The number of amides is 1. The van der Waals surface area contributed by atoms with Crippen LogP contribution in [0.1, 0.15) is 25.8 Å². The van der Waals surface area contributed by atoms with Crippen LogP contribution in [0.3, 0.4) is 0 Å². The largest absolute Gasteiger partial charge is 0.481 e. The average Bonchev–Trinajstić information content (AvgIpc) is 3.28. The summed E-state index contributed by atoms with van der Waals surface area (Å²) in [6.07, 6.45) is -4.65. The molecule has 1 amide bonds. The van der Waals surface area contributed by atoms with Crippen LogP contribution in [0.15, 0.2) is 46.7 Å². The van der Waals surface area contributed by atoms with Gasteiger partial charge >= 0.3 is 12.1 Å². The lowest BCUT2D eigenvalue weighted by molar-refractivity contribution is -0.140. The van der Waals surface area contributed by atoms with E-state index in [4.69, 9.17) is 5.11 Å². The number of carbonyl (C=O) groups is 2. The van der Waals surface area contributed by atoms with Gasteiger partial charge in [0.15, 0.2) is 5.13 Å². The summed E-state index contributed by atoms with van der Waals surface area (Å²) < 4.78 is 39.2. The van der Waals surface area contributed by atoms with Gasteiger partial charge in [0.1, 0.15) is 0 Å². The Balaban J connectivity index is 1.62. The maximum Gasteiger partial charge on any atom is 0.417 e. The first-order valence-corrected chi connectivity index (χ1v) is 10.8. The summed E-state index contributed by atoms with van der Waals surface area (Å²) in [5, 5.41) is 13.2. The molecule has 0 radical (unpaired) electrons. The number of thiazole rings is 1. The number of halogens is 3. The number of carboxylic acid groups (broad SMARTS) is 1. The molecular formula is C18H13F3N2O3S3. The van der Waals surface area contributed by atoms with Gasteiger partial charge in [-0.15, -0.1) is 34.4 Å². The van der Waals surface area contributed by atoms with Crippen LogP contribution >= 0.6 is 34.4 Å². The third kappa shape index (κ3) is 5.81. The smallest absolute Gasteiger partial charge is 0.417 e. The molecule has 0 fully saturated rings. The summed E-state index contributed by atoms with van der Waals surface area (Å²) in [5.41, 5.74) is -0.329. The van der Waals surface area contributed by atoms with Crippen LogP contribution in [0.2, 0.25) is 0 Å². The van der Waals surface area contributed by atoms with Gasteiger partial charge in [-0.25, -0.2) is 4.98 Å². The Morgan fingerprint density at radius 2 is 1.93 bits per heavy atom. The zero-order valence-electron chi connectivity index (χ0n) is 14.5. The Kier molecular flexibility index (Phi) is 6.60. The molecule has 1 aromatic carbocycles. The quantitative estimate of drug-likeness (QED) is 0.464. The second-order valence-corrected chi connectivity index (χ2v) is 8.76. The molecule has 29 heavy (non-hydrogen) atoms. The molecule has 5 nitrogen and oxygen atoms in total. The molecule has 2 heterocycles. The number of carboxylic acids is 1. The van der Waals surface area contributed by atoms with Crippen LogP contribution in [0, 0.1) is 0 Å². The molecule has 0 saturated carbocycles. The second-order valence-electron chi connectivity index (χ2n) is 5.72. The van der Waals surface area contributed by atoms with E-state index < -0.39 is 23.6 Å². The standard InChI is InChI=1S/C18H13F3N2O3S3/c19-18(20,21)12-3-1-2-4-13(12)27-9-11-5-6-14(29-11)16(26)23-17-22-10(8-28-17)7-15(24)25/h1-6,8H,7,9H2,(H,24,25)(H,22,23,26). The Hall–Kier alpha value is -2.37. The predicted octanol–water partition coefficient (Wildman–Crippen LogP) is 5.40. The summed E-state index contributed by atoms with van der Waals surface area (Å²) in [6.45, 7) is 0. The molecule has 0 saturated heterocycles. The molecule has 2 aromatic heterocycles. The van der Waals surface area contributed by atoms with E-state index in [0.717, 1.165) is 34.0 Å². The number of thiophene rings is 1. The summed E-state index contributed by atoms with van der Waals surface area (Å²) in [6, 6.07) is 8.66. The van der Waals surface area contributed by atoms with Crippen molar-refractivity contribution in [2.45, 2.75) is 23.2 Å². The van der Waals surface area contributed by atoms with E-state index >= 15 is 0 Å². The van der Waals surface area contributed by atoms with Gasteiger partial charge in [0, 0.05) is 20.9 Å². The second kappa shape index (κ2) is 8.97. The molecule has 0 spiro atoms. The number of hydrogen-bond donors (Lipinski definition) is 2. The Morgan fingerprint density at radius 1 is 1.17 bits per heavy atom. The molecule has 0 aliphatic rings. The van der Waals surface area contributed by atoms with Crippen molar-refractivity contribution in [3.63, 3.8) is 0 Å². The normalized spacial score (nSPS) is 11.4. The molecule has 0 unspecified atom stereocenters. The monoisotopic (exact) mass is 458 g/mol. The average molecular weight is 459 g/mol. The number of nitrogens with zero attached hydrogens (tertiary/aromatic N) is 1. The third-order valence-electron chi connectivity index (χ3n) is 3.55. The molecular weight excluding hydrogens is 445 g/mol. The van der Waals surface area contributed by atoms with E-state index in [0.29, 0.717) is 16.3 Å². The van der Waals surface area contributed by atoms with Crippen molar-refractivity contribution >= 4 is 51.4 Å². The molecule has 0 bridgehead atoms. The highest BCUT2D eigenvalue weighted by atomic mass is 32.2. The third-order valence-corrected chi connectivity index (χ3v) is 6.75. The minimum Gasteiger partial charge on any atom is -0.481 e. The van der Waals surface area contributed by atoms with Crippen molar-refractivity contribution in [2.75, 3.05) is 5.32 Å². The van der Waals surface area contributed by atoms with E-state index in [-0.39, 0.29) is 16.4 Å². The maximum atomic E-state index is 13.1. The number of aliphatic carboxylic acids is 1. The first kappa shape index (κ1) is 21.3. The van der Waals surface area contributed by atoms with Crippen molar-refractivity contribution in [1.29, 1.82) is 0 Å². The van der Waals surface area contributed by atoms with Crippen LogP contribution in [-0.2, 0) is 23.1 Å². The number of benzene rings is 1. The van der Waals surface area contributed by atoms with Gasteiger partial charge in [0.05, 0.1) is 22.6 Å². The van der Waals surface area contributed by atoms with Gasteiger partial charge in [0.25, 0.3) is 5.91 Å². The molecule has 11 heteroatoms. The number of rotatable bonds is 7. The summed E-state index contributed by atoms with van der Waals surface area (Å²) >= 11 is 3.36. The van der Waals surface area contributed by atoms with Gasteiger partial charge in [-0.2, -0.15) is 13.2 Å². The number of thioether (sulfide) groups is 1. The van der Waals surface area contributed by atoms with E-state index in [2.05, 4.69) is 10.3 Å². The fraction of sp³-hybridized carbons (Fsp3) is 0.167. The Bertz CT molecular complexity index is 1030. The molecule has 0 aliphatic heterocycles. The van der Waals surface area contributed by atoms with Gasteiger partial charge in [-0.1, -0.05) is 12.1 Å². The fourth-order valence-electron chi connectivity index (χ4n) is 2.31. The van der Waals surface area contributed by atoms with Crippen LogP contribution in [0.5, 0.6) is 0 Å². The fourth-order valence-corrected chi connectivity index (χ4v) is 5.04. The van der Waals surface area contributed by atoms with Crippen LogP contribution in [-0.4, -0.2) is 22.0 Å². The van der Waals surface area contributed by atoms with Crippen molar-refractivity contribution in [3.8, 4) is 0 Å². The minimum absolute atomic E-state index is 0.133. The van der Waals surface area contributed by atoms with Crippen LogP contribution < -0.4 is 5.32 Å². The highest BCUT2D eigenvalue weighted by molar-refractivity contribution is 7.98. The number of aromatic nitrogens is 1. The highest BCUT2D eigenvalue weighted by Crippen LogP contribution is 2.38. The number of carbonyl (C=O) groups excluding carboxylic acids is 1. The van der Waals surface area contributed by atoms with Crippen LogP contribution in [0.4, 0.5) is 18.3 Å². The van der Waals surface area contributed by atoms with E-state index in [1.165, 1.54) is 23.5 Å². The van der Waals surface area contributed by atoms with Gasteiger partial charge in [-0.05, 0) is 24.3 Å². The summed E-state index contributed by atoms with van der Waals surface area (Å²) in [7, 11) is 0. The van der Waals surface area contributed by atoms with Gasteiger partial charge in [0.2, 0.25) is 0 Å². The van der Waals surface area contributed by atoms with Crippen molar-refractivity contribution in [2.24, 2.45) is 0 Å². The molecule has 152 valence electrons. The van der Waals surface area contributed by atoms with E-state index in [1.807, 2.05) is 0 Å². The predicted molar refractivity (Wildman–Crippen MR) is 107 cm³/mol. The lowest BCUT2D eigenvalue weighted by Crippen LogP contribution is -2.10. The van der Waals surface area contributed by atoms with Gasteiger partial charge < -0.3 is 5.11 Å². The lowest BCUT2D eigenvalue weighted by atomic mass is 10.2. The molecule has 0 aliphatic carbocycles. The summed E-state index contributed by atoms with van der Waals surface area (Å²) in [4.78, 5) is 28.3. The van der Waals surface area contributed by atoms with Gasteiger partial charge in [-0.3, -0.25) is 14.9 Å². The van der Waals surface area contributed by atoms with E-state index in [9.17, 15) is 22.8 Å². The van der Waals surface area contributed by atoms with E-state index in [1.54, 1.807) is 23.6 Å². The number of anilines is 1. The maximum absolute atomic E-state index is 13.1. The summed E-state index contributed by atoms with van der Waals surface area (Å²) in [5.74, 6) is -1.12. The molecule has 3 aromatic rings. The molecule has 0 atom stereocenters. The lowest BCUT2D eigenvalue weighted by Gasteiger charge is -2.11. The first-order chi connectivity index (χ1) is 13.7. The minimum atomic E-state index is -4.42. The zero-order chi connectivity index (χ0) is 21.0. The number of hydrogen-bond acceptors (Lipinski definition) is 6. The van der Waals surface area contributed by atoms with Crippen LogP contribution in [0.25, 0.3) is 0 Å². The van der Waals surface area contributed by atoms with Crippen molar-refractivity contribution in [1.82, 2.24) is 4.98 Å². The number of alkyl halides is 3. The topological polar surface area (TPSA) is 79.3 Å². The number of nitrogens with one attached hydrogen (secondary N) is 1. The van der Waals surface area contributed by atoms with Crippen molar-refractivity contribution < 1.29 is 27.9 Å². The van der Waals surface area contributed by atoms with Crippen molar-refractivity contribution in [3.05, 3.63) is 62.8 Å². The SMILES string of the molecule is O=C(O)Cc1csc(NC(=O)c2ccc(CSc3ccccc3C(F)(F)F)s2)n1. The highest BCUT2D eigenvalue weighted by Gasteiger charge is 2.33. The first-order valence-electron chi connectivity index (χ1n) is 8.07. The Morgan fingerprint density at radius 3 is 2.66 bits per heavy atom. The Labute approximate surface area is 175 Å². The zero-order valence-corrected chi connectivity index (χ0v) is 17.0. The molecule has 2 N–H and O–H groups in total.